The molecule has 0 unspecified atom stereocenters. The number of hydrogen-bond donors (Lipinski definition) is 0. The molecule has 0 rings (SSSR count). The fraction of sp³-hybridized carbons (Fsp3) is 0. The average Bonchev–Trinajstić information content (AvgIpc) is 0. The van der Waals surface area contributed by atoms with E-state index in [1.165, 1.54) is 0 Å². The Labute approximate surface area is 91.2 Å². The first-order valence-corrected chi connectivity index (χ1v) is 0. The molecule has 0 saturated carbocycles. The van der Waals surface area contributed by atoms with Crippen LogP contribution in [0.25, 0.3) is 0 Å². The van der Waals surface area contributed by atoms with Gasteiger partial charge in [-0.15, -0.1) is 24.8 Å². The van der Waals surface area contributed by atoms with E-state index in [9.17, 15) is 0 Å². The molecule has 0 aromatic rings. The van der Waals surface area contributed by atoms with Gasteiger partial charge in [0.25, 0.3) is 0 Å². The van der Waals surface area contributed by atoms with Crippen LogP contribution in [-0.2, 0) is 17.1 Å². The summed E-state index contributed by atoms with van der Waals surface area (Å²) < 4.78 is 0. The van der Waals surface area contributed by atoms with Gasteiger partial charge in [-0.1, -0.05) is 0 Å². The third-order valence-corrected chi connectivity index (χ3v) is 0. The molecule has 0 nitrogen and oxygen atoms in total. The molecule has 0 heterocycles. The quantitative estimate of drug-likeness (QED) is 0.454. The van der Waals surface area contributed by atoms with E-state index in [0.717, 1.165) is 0 Å². The maximum atomic E-state index is 0. The first-order chi connectivity index (χ1) is 0. The SMILES string of the molecule is Cl.Cl.[Fe].[KH]. The van der Waals surface area contributed by atoms with E-state index in [0.29, 0.717) is 0 Å². The normalized spacial score (nSPS) is 0. The maximum absolute atomic E-state index is 0. The van der Waals surface area contributed by atoms with Gasteiger partial charge in [-0.3, -0.25) is 0 Å². The van der Waals surface area contributed by atoms with Crippen LogP contribution in [0.5, 0.6) is 0 Å². The molecule has 26 valence electrons. The van der Waals surface area contributed by atoms with Gasteiger partial charge in [0.05, 0.1) is 0 Å². The molecule has 0 aliphatic carbocycles. The number of rotatable bonds is 0. The molecule has 0 bridgehead atoms. The Bertz CT molecular complexity index is 6.00. The Morgan fingerprint density at radius 2 is 0.750 bits per heavy atom. The van der Waals surface area contributed by atoms with Crippen molar-refractivity contribution >= 4 is 76.2 Å². The average molecular weight is 169 g/mol. The monoisotopic (exact) mass is 168 g/mol. The van der Waals surface area contributed by atoms with Gasteiger partial charge in [-0.25, -0.2) is 0 Å². The molecule has 4 heavy (non-hydrogen) atoms. The second-order valence-electron chi connectivity index (χ2n) is 0. The van der Waals surface area contributed by atoms with Crippen LogP contribution in [0.4, 0.5) is 0 Å². The topological polar surface area (TPSA) is 0 Å². The molecule has 0 radical (unpaired) electrons. The molecule has 0 saturated heterocycles. The van der Waals surface area contributed by atoms with Crippen LogP contribution in [0.2, 0.25) is 0 Å². The zero-order valence-electron chi connectivity index (χ0n) is 1.17. The summed E-state index contributed by atoms with van der Waals surface area (Å²) in [5.41, 5.74) is 0. The fourth-order valence-electron chi connectivity index (χ4n) is 0. The van der Waals surface area contributed by atoms with Crippen LogP contribution in [0.3, 0.4) is 0 Å². The Morgan fingerprint density at radius 1 is 0.750 bits per heavy atom. The molecular weight excluding hydrogens is 166 g/mol. The van der Waals surface area contributed by atoms with Gasteiger partial charge in [0.2, 0.25) is 0 Å². The summed E-state index contributed by atoms with van der Waals surface area (Å²) in [6, 6.07) is 0. The minimum absolute atomic E-state index is 0. The summed E-state index contributed by atoms with van der Waals surface area (Å²) >= 11 is 0. The molecule has 0 fully saturated rings. The summed E-state index contributed by atoms with van der Waals surface area (Å²) in [7, 11) is 0. The van der Waals surface area contributed by atoms with Gasteiger partial charge in [0, 0.05) is 17.1 Å². The Balaban J connectivity index is 0. The zero-order chi connectivity index (χ0) is 0. The van der Waals surface area contributed by atoms with Crippen LogP contribution in [0.15, 0.2) is 0 Å². The molecule has 0 aromatic heterocycles. The standard InChI is InChI=1S/2ClH.Fe.K.H/h2*1H;;;. The molecule has 0 aliphatic rings. The predicted octanol–water partition coefficient (Wildman–Crippen LogP) is 0.193. The molecule has 0 amide bonds. The van der Waals surface area contributed by atoms with Gasteiger partial charge >= 0.3 is 51.4 Å². The summed E-state index contributed by atoms with van der Waals surface area (Å²) in [6.45, 7) is 0. The van der Waals surface area contributed by atoms with E-state index < -0.39 is 0 Å². The van der Waals surface area contributed by atoms with Gasteiger partial charge in [0.1, 0.15) is 0 Å². The molecule has 0 aromatic carbocycles. The van der Waals surface area contributed by atoms with Gasteiger partial charge in [0.15, 0.2) is 0 Å². The van der Waals surface area contributed by atoms with Gasteiger partial charge in [-0.2, -0.15) is 0 Å². The van der Waals surface area contributed by atoms with Gasteiger partial charge < -0.3 is 0 Å². The van der Waals surface area contributed by atoms with Crippen LogP contribution in [-0.4, -0.2) is 51.4 Å². The van der Waals surface area contributed by atoms with E-state index in [4.69, 9.17) is 0 Å². The van der Waals surface area contributed by atoms with E-state index >= 15 is 0 Å². The van der Waals surface area contributed by atoms with Crippen LogP contribution < -0.4 is 0 Å². The second kappa shape index (κ2) is 17.2. The Hall–Kier alpha value is 2.74. The summed E-state index contributed by atoms with van der Waals surface area (Å²) in [6.07, 6.45) is 0. The number of halogens is 2. The van der Waals surface area contributed by atoms with Crippen LogP contribution in [0, 0.1) is 0 Å². The van der Waals surface area contributed by atoms with Gasteiger partial charge in [-0.05, 0) is 0 Å². The molecule has 4 heteroatoms. The molecular formula is H3Cl2FeK. The third kappa shape index (κ3) is 8.83. The Kier molecular flexibility index (Phi) is 127. The van der Waals surface area contributed by atoms with E-state index in [1.807, 2.05) is 0 Å². The van der Waals surface area contributed by atoms with Crippen molar-refractivity contribution in [3.63, 3.8) is 0 Å². The zero-order valence-corrected chi connectivity index (χ0v) is 3.91. The second-order valence-corrected chi connectivity index (χ2v) is 0. The van der Waals surface area contributed by atoms with Crippen molar-refractivity contribution in [2.24, 2.45) is 0 Å². The molecule has 0 aliphatic heterocycles. The summed E-state index contributed by atoms with van der Waals surface area (Å²) in [4.78, 5) is 0. The first-order valence-electron chi connectivity index (χ1n) is 0. The van der Waals surface area contributed by atoms with Crippen LogP contribution in [0.1, 0.15) is 0 Å². The van der Waals surface area contributed by atoms with Crippen LogP contribution >= 0.6 is 24.8 Å². The molecule has 0 N–H and O–H groups in total. The van der Waals surface area contributed by atoms with Crippen molar-refractivity contribution in [1.29, 1.82) is 0 Å². The summed E-state index contributed by atoms with van der Waals surface area (Å²) in [5, 5.41) is 0. The van der Waals surface area contributed by atoms with E-state index in [-0.39, 0.29) is 93.3 Å². The Morgan fingerprint density at radius 3 is 0.750 bits per heavy atom. The van der Waals surface area contributed by atoms with Crippen molar-refractivity contribution < 1.29 is 17.1 Å². The summed E-state index contributed by atoms with van der Waals surface area (Å²) in [5.74, 6) is 0. The van der Waals surface area contributed by atoms with E-state index in [1.54, 1.807) is 0 Å². The van der Waals surface area contributed by atoms with E-state index in [2.05, 4.69) is 0 Å². The number of hydrogen-bond acceptors (Lipinski definition) is 0. The minimum atomic E-state index is 0. The van der Waals surface area contributed by atoms with Crippen molar-refractivity contribution in [1.82, 2.24) is 0 Å². The molecule has 0 atom stereocenters. The van der Waals surface area contributed by atoms with Crippen molar-refractivity contribution in [2.75, 3.05) is 0 Å². The van der Waals surface area contributed by atoms with Crippen molar-refractivity contribution in [3.8, 4) is 0 Å². The van der Waals surface area contributed by atoms with Crippen molar-refractivity contribution in [3.05, 3.63) is 0 Å². The third-order valence-electron chi connectivity index (χ3n) is 0. The first kappa shape index (κ1) is 29.6. The molecule has 0 spiro atoms. The fourth-order valence-corrected chi connectivity index (χ4v) is 0. The van der Waals surface area contributed by atoms with Crippen molar-refractivity contribution in [2.45, 2.75) is 0 Å². The predicted molar refractivity (Wildman–Crippen MR) is 21.6 cm³/mol.